The normalized spacial score (nSPS) is 21.2. The maximum absolute atomic E-state index is 9.11. The van der Waals surface area contributed by atoms with E-state index in [2.05, 4.69) is 41.3 Å². The van der Waals surface area contributed by atoms with Crippen LogP contribution in [-0.2, 0) is 12.8 Å². The summed E-state index contributed by atoms with van der Waals surface area (Å²) in [5.41, 5.74) is 9.63. The van der Waals surface area contributed by atoms with Gasteiger partial charge in [0.05, 0.1) is 6.61 Å². The molecule has 0 radical (unpaired) electrons. The summed E-state index contributed by atoms with van der Waals surface area (Å²) in [5.74, 6) is 0. The number of nitrogens with zero attached hydrogens (tertiary/aromatic N) is 1. The lowest BCUT2D eigenvalue weighted by Crippen LogP contribution is -2.27. The second-order valence-corrected chi connectivity index (χ2v) is 6.32. The predicted octanol–water partition coefficient (Wildman–Crippen LogP) is 1.67. The molecule has 1 fully saturated rings. The van der Waals surface area contributed by atoms with Gasteiger partial charge in [-0.15, -0.1) is 0 Å². The number of aliphatic hydroxyl groups excluding tert-OH is 1. The Balaban J connectivity index is 1.83. The van der Waals surface area contributed by atoms with Crippen LogP contribution in [0.15, 0.2) is 24.4 Å². The van der Waals surface area contributed by atoms with Crippen molar-refractivity contribution < 1.29 is 5.11 Å². The van der Waals surface area contributed by atoms with Gasteiger partial charge in [-0.25, -0.2) is 0 Å². The fourth-order valence-corrected chi connectivity index (χ4v) is 3.38. The number of likely N-dealkylation sites (tertiary alicyclic amines) is 1. The first-order valence-corrected chi connectivity index (χ1v) is 7.83. The highest BCUT2D eigenvalue weighted by molar-refractivity contribution is 5.84. The summed E-state index contributed by atoms with van der Waals surface area (Å²) in [5, 5.41) is 10.4. The number of rotatable bonds is 5. The van der Waals surface area contributed by atoms with Crippen molar-refractivity contribution in [2.45, 2.75) is 37.8 Å². The van der Waals surface area contributed by atoms with Crippen LogP contribution in [0.25, 0.3) is 10.9 Å². The van der Waals surface area contributed by atoms with Gasteiger partial charge in [-0.3, -0.25) is 0 Å². The molecule has 1 unspecified atom stereocenters. The Hall–Kier alpha value is -1.36. The highest BCUT2D eigenvalue weighted by Gasteiger charge is 2.22. The Morgan fingerprint density at radius 2 is 2.33 bits per heavy atom. The van der Waals surface area contributed by atoms with Crippen LogP contribution < -0.4 is 5.73 Å². The molecule has 1 aliphatic rings. The number of nitrogens with one attached hydrogen (secondary N) is 1. The molecular weight excluding hydrogens is 262 g/mol. The van der Waals surface area contributed by atoms with Crippen LogP contribution in [0.4, 0.5) is 0 Å². The smallest absolute Gasteiger partial charge is 0.0585 e. The maximum atomic E-state index is 9.11. The highest BCUT2D eigenvalue weighted by Crippen LogP contribution is 2.25. The number of likely N-dealkylation sites (N-methyl/N-ethyl adjacent to an activating group) is 1. The molecule has 3 rings (SSSR count). The summed E-state index contributed by atoms with van der Waals surface area (Å²) in [6.07, 6.45) is 6.57. The van der Waals surface area contributed by atoms with E-state index in [0.29, 0.717) is 6.04 Å². The van der Waals surface area contributed by atoms with Crippen LogP contribution in [0, 0.1) is 0 Å². The zero-order chi connectivity index (χ0) is 14.8. The van der Waals surface area contributed by atoms with Crippen LogP contribution in [0.3, 0.4) is 0 Å². The fourth-order valence-electron chi connectivity index (χ4n) is 3.38. The number of nitrogens with two attached hydrogens (primary N) is 1. The van der Waals surface area contributed by atoms with E-state index in [4.69, 9.17) is 10.8 Å². The van der Waals surface area contributed by atoms with Crippen LogP contribution in [0.5, 0.6) is 0 Å². The molecule has 1 aliphatic heterocycles. The molecule has 2 atom stereocenters. The van der Waals surface area contributed by atoms with E-state index in [-0.39, 0.29) is 12.6 Å². The number of H-pyrrole nitrogens is 1. The Kier molecular flexibility index (Phi) is 4.29. The van der Waals surface area contributed by atoms with Gasteiger partial charge in [-0.1, -0.05) is 6.07 Å². The number of hydrogen-bond donors (Lipinski definition) is 3. The predicted molar refractivity (Wildman–Crippen MR) is 86.4 cm³/mol. The second-order valence-electron chi connectivity index (χ2n) is 6.32. The molecular formula is C17H25N3O. The average Bonchev–Trinajstić information content (AvgIpc) is 3.07. The Morgan fingerprint density at radius 3 is 3.05 bits per heavy atom. The molecule has 1 saturated heterocycles. The van der Waals surface area contributed by atoms with E-state index < -0.39 is 0 Å². The largest absolute Gasteiger partial charge is 0.395 e. The van der Waals surface area contributed by atoms with Crippen molar-refractivity contribution in [3.05, 3.63) is 35.5 Å². The summed E-state index contributed by atoms with van der Waals surface area (Å²) in [6.45, 7) is 1.24. The summed E-state index contributed by atoms with van der Waals surface area (Å²) in [6, 6.07) is 6.93. The van der Waals surface area contributed by atoms with Gasteiger partial charge in [0.2, 0.25) is 0 Å². The number of aromatic amines is 1. The second kappa shape index (κ2) is 6.18. The molecule has 4 N–H and O–H groups in total. The van der Waals surface area contributed by atoms with E-state index >= 15 is 0 Å². The van der Waals surface area contributed by atoms with E-state index in [0.717, 1.165) is 12.8 Å². The molecule has 0 bridgehead atoms. The van der Waals surface area contributed by atoms with Crippen LogP contribution in [0.2, 0.25) is 0 Å². The molecule has 21 heavy (non-hydrogen) atoms. The van der Waals surface area contributed by atoms with Gasteiger partial charge in [0, 0.05) is 29.2 Å². The third kappa shape index (κ3) is 3.12. The summed E-state index contributed by atoms with van der Waals surface area (Å²) < 4.78 is 0. The molecule has 2 aromatic rings. The van der Waals surface area contributed by atoms with E-state index in [1.807, 2.05) is 0 Å². The SMILES string of the molecule is CN1CCC[C@@H]1Cc1c[nH]c2ccc(CC(N)CO)cc12. The van der Waals surface area contributed by atoms with E-state index in [9.17, 15) is 0 Å². The van der Waals surface area contributed by atoms with Gasteiger partial charge in [-0.05, 0) is 62.5 Å². The summed E-state index contributed by atoms with van der Waals surface area (Å²) in [7, 11) is 2.22. The standard InChI is InChI=1S/C17H25N3O/c1-20-6-2-3-15(20)9-13-10-19-17-5-4-12(8-16(13)17)7-14(18)11-21/h4-5,8,10,14-15,19,21H,2-3,6-7,9,11,18H2,1H3/t14?,15-/m1/s1. The van der Waals surface area contributed by atoms with Crippen molar-refractivity contribution in [2.24, 2.45) is 5.73 Å². The molecule has 0 aliphatic carbocycles. The third-order valence-corrected chi connectivity index (χ3v) is 4.69. The first-order valence-electron chi connectivity index (χ1n) is 7.83. The van der Waals surface area contributed by atoms with E-state index in [1.54, 1.807) is 0 Å². The lowest BCUT2D eigenvalue weighted by atomic mass is 10.00. The highest BCUT2D eigenvalue weighted by atomic mass is 16.3. The molecule has 0 spiro atoms. The lowest BCUT2D eigenvalue weighted by Gasteiger charge is -2.18. The molecule has 0 saturated carbocycles. The number of benzene rings is 1. The topological polar surface area (TPSA) is 65.3 Å². The quantitative estimate of drug-likeness (QED) is 0.783. The minimum atomic E-state index is -0.175. The third-order valence-electron chi connectivity index (χ3n) is 4.69. The first kappa shape index (κ1) is 14.6. The van der Waals surface area contributed by atoms with Crippen molar-refractivity contribution in [2.75, 3.05) is 20.2 Å². The summed E-state index contributed by atoms with van der Waals surface area (Å²) in [4.78, 5) is 5.83. The zero-order valence-corrected chi connectivity index (χ0v) is 12.7. The zero-order valence-electron chi connectivity index (χ0n) is 12.7. The molecule has 1 aromatic heterocycles. The van der Waals surface area contributed by atoms with Crippen molar-refractivity contribution in [3.63, 3.8) is 0 Å². The van der Waals surface area contributed by atoms with Crippen LogP contribution in [0.1, 0.15) is 24.0 Å². The molecule has 114 valence electrons. The van der Waals surface area contributed by atoms with Gasteiger partial charge in [0.25, 0.3) is 0 Å². The Labute approximate surface area is 125 Å². The number of aromatic nitrogens is 1. The minimum absolute atomic E-state index is 0.0326. The van der Waals surface area contributed by atoms with Crippen molar-refractivity contribution in [3.8, 4) is 0 Å². The lowest BCUT2D eigenvalue weighted by molar-refractivity contribution is 0.265. The van der Waals surface area contributed by atoms with Gasteiger partial charge in [-0.2, -0.15) is 0 Å². The molecule has 1 aromatic carbocycles. The van der Waals surface area contributed by atoms with Gasteiger partial charge in [0.15, 0.2) is 0 Å². The number of fused-ring (bicyclic) bond motifs is 1. The van der Waals surface area contributed by atoms with Crippen LogP contribution in [-0.4, -0.2) is 47.3 Å². The maximum Gasteiger partial charge on any atom is 0.0585 e. The Morgan fingerprint density at radius 1 is 1.48 bits per heavy atom. The van der Waals surface area contributed by atoms with Crippen LogP contribution >= 0.6 is 0 Å². The average molecular weight is 287 g/mol. The van der Waals surface area contributed by atoms with Gasteiger partial charge in [0.1, 0.15) is 0 Å². The van der Waals surface area contributed by atoms with Crippen molar-refractivity contribution >= 4 is 10.9 Å². The molecule has 4 nitrogen and oxygen atoms in total. The fraction of sp³-hybridized carbons (Fsp3) is 0.529. The molecule has 4 heteroatoms. The minimum Gasteiger partial charge on any atom is -0.395 e. The summed E-state index contributed by atoms with van der Waals surface area (Å²) >= 11 is 0. The van der Waals surface area contributed by atoms with Gasteiger partial charge >= 0.3 is 0 Å². The van der Waals surface area contributed by atoms with Crippen molar-refractivity contribution in [1.29, 1.82) is 0 Å². The monoisotopic (exact) mass is 287 g/mol. The van der Waals surface area contributed by atoms with Crippen molar-refractivity contribution in [1.82, 2.24) is 9.88 Å². The Bertz CT molecular complexity index is 607. The first-order chi connectivity index (χ1) is 10.2. The number of hydrogen-bond acceptors (Lipinski definition) is 3. The molecule has 2 heterocycles. The van der Waals surface area contributed by atoms with Gasteiger partial charge < -0.3 is 20.7 Å². The molecule has 0 amide bonds. The van der Waals surface area contributed by atoms with E-state index in [1.165, 1.54) is 41.4 Å². The number of aliphatic hydroxyl groups is 1.